The minimum Gasteiger partial charge on any atom is -0.493 e. The Balaban J connectivity index is 2.01. The third kappa shape index (κ3) is 4.72. The Labute approximate surface area is 142 Å². The van der Waals surface area contributed by atoms with Crippen molar-refractivity contribution in [3.05, 3.63) is 66.5 Å². The Hall–Kier alpha value is -3.06. The standard InChI is InChI=1S/C20H20N2O2/c1-3-16-10-12-22-20(19(16)4-2)15-24-18-9-7-8-17(14-18)23-13-6-5-11-21/h3-4,7-10,12,14H,1-2,5-6,13,15H2. The molecule has 0 atom stereocenters. The van der Waals surface area contributed by atoms with Gasteiger partial charge in [-0.05, 0) is 30.2 Å². The fourth-order valence-electron chi connectivity index (χ4n) is 2.21. The first kappa shape index (κ1) is 17.3. The first-order valence-corrected chi connectivity index (χ1v) is 7.74. The Kier molecular flexibility index (Phi) is 6.60. The lowest BCUT2D eigenvalue weighted by Gasteiger charge is -2.11. The van der Waals surface area contributed by atoms with E-state index in [0.717, 1.165) is 22.6 Å². The lowest BCUT2D eigenvalue weighted by atomic mass is 10.1. The van der Waals surface area contributed by atoms with E-state index in [1.54, 1.807) is 18.3 Å². The maximum Gasteiger partial charge on any atom is 0.131 e. The van der Waals surface area contributed by atoms with Crippen molar-refractivity contribution in [3.63, 3.8) is 0 Å². The highest BCUT2D eigenvalue weighted by molar-refractivity contribution is 5.64. The van der Waals surface area contributed by atoms with E-state index in [0.29, 0.717) is 31.8 Å². The second kappa shape index (κ2) is 9.16. The van der Waals surface area contributed by atoms with Crippen molar-refractivity contribution in [1.29, 1.82) is 5.26 Å². The smallest absolute Gasteiger partial charge is 0.131 e. The molecule has 0 fully saturated rings. The van der Waals surface area contributed by atoms with Crippen LogP contribution in [0.15, 0.2) is 49.7 Å². The van der Waals surface area contributed by atoms with Gasteiger partial charge in [-0.2, -0.15) is 5.26 Å². The molecule has 2 rings (SSSR count). The second-order valence-electron chi connectivity index (χ2n) is 5.04. The zero-order valence-corrected chi connectivity index (χ0v) is 13.6. The predicted octanol–water partition coefficient (Wildman–Crippen LogP) is 4.63. The first-order chi connectivity index (χ1) is 11.8. The van der Waals surface area contributed by atoms with E-state index >= 15 is 0 Å². The summed E-state index contributed by atoms with van der Waals surface area (Å²) in [5, 5.41) is 8.52. The van der Waals surface area contributed by atoms with E-state index in [4.69, 9.17) is 14.7 Å². The van der Waals surface area contributed by atoms with Crippen molar-refractivity contribution in [2.24, 2.45) is 0 Å². The van der Waals surface area contributed by atoms with Crippen LogP contribution in [-0.4, -0.2) is 11.6 Å². The maximum absolute atomic E-state index is 8.52. The van der Waals surface area contributed by atoms with E-state index in [1.807, 2.05) is 30.3 Å². The monoisotopic (exact) mass is 320 g/mol. The molecular formula is C20H20N2O2. The first-order valence-electron chi connectivity index (χ1n) is 7.74. The SMILES string of the molecule is C=Cc1ccnc(COc2cccc(OCCCC#N)c2)c1C=C. The Morgan fingerprint density at radius 1 is 1.12 bits per heavy atom. The molecule has 24 heavy (non-hydrogen) atoms. The third-order valence-corrected chi connectivity index (χ3v) is 3.41. The molecule has 2 aromatic rings. The summed E-state index contributed by atoms with van der Waals surface area (Å²) in [6.07, 6.45) is 6.47. The van der Waals surface area contributed by atoms with Crippen LogP contribution in [0, 0.1) is 11.3 Å². The predicted molar refractivity (Wildman–Crippen MR) is 95.5 cm³/mol. The molecule has 0 saturated carbocycles. The topological polar surface area (TPSA) is 55.1 Å². The second-order valence-corrected chi connectivity index (χ2v) is 5.04. The van der Waals surface area contributed by atoms with Gasteiger partial charge in [0.05, 0.1) is 18.4 Å². The number of nitriles is 1. The lowest BCUT2D eigenvalue weighted by Crippen LogP contribution is -2.02. The molecule has 0 bridgehead atoms. The molecule has 0 saturated heterocycles. The van der Waals surface area contributed by atoms with Crippen molar-refractivity contribution in [2.75, 3.05) is 6.61 Å². The van der Waals surface area contributed by atoms with E-state index in [1.165, 1.54) is 0 Å². The molecule has 0 aliphatic carbocycles. The van der Waals surface area contributed by atoms with Gasteiger partial charge in [-0.15, -0.1) is 0 Å². The number of benzene rings is 1. The molecule has 1 aromatic carbocycles. The van der Waals surface area contributed by atoms with E-state index in [9.17, 15) is 0 Å². The molecule has 0 aliphatic rings. The average molecular weight is 320 g/mol. The molecule has 4 nitrogen and oxygen atoms in total. The van der Waals surface area contributed by atoms with Gasteiger partial charge in [-0.1, -0.05) is 31.4 Å². The Morgan fingerprint density at radius 3 is 2.62 bits per heavy atom. The molecule has 0 radical (unpaired) electrons. The van der Waals surface area contributed by atoms with Gasteiger partial charge in [0.2, 0.25) is 0 Å². The lowest BCUT2D eigenvalue weighted by molar-refractivity contribution is 0.290. The molecule has 4 heteroatoms. The average Bonchev–Trinajstić information content (AvgIpc) is 2.63. The summed E-state index contributed by atoms with van der Waals surface area (Å²) < 4.78 is 11.4. The largest absolute Gasteiger partial charge is 0.493 e. The van der Waals surface area contributed by atoms with Crippen LogP contribution in [-0.2, 0) is 6.61 Å². The van der Waals surface area contributed by atoms with Crippen molar-refractivity contribution < 1.29 is 9.47 Å². The molecule has 0 unspecified atom stereocenters. The van der Waals surface area contributed by atoms with Crippen LogP contribution in [0.1, 0.15) is 29.7 Å². The van der Waals surface area contributed by atoms with Gasteiger partial charge >= 0.3 is 0 Å². The van der Waals surface area contributed by atoms with Crippen LogP contribution in [0.2, 0.25) is 0 Å². The molecule has 1 heterocycles. The fourth-order valence-corrected chi connectivity index (χ4v) is 2.21. The zero-order valence-electron chi connectivity index (χ0n) is 13.6. The van der Waals surface area contributed by atoms with Crippen LogP contribution in [0.25, 0.3) is 12.2 Å². The van der Waals surface area contributed by atoms with E-state index in [2.05, 4.69) is 24.2 Å². The summed E-state index contributed by atoms with van der Waals surface area (Å²) in [5.74, 6) is 1.43. The number of pyridine rings is 1. The van der Waals surface area contributed by atoms with Crippen LogP contribution in [0.5, 0.6) is 11.5 Å². The molecular weight excluding hydrogens is 300 g/mol. The number of ether oxygens (including phenoxy) is 2. The zero-order chi connectivity index (χ0) is 17.2. The Morgan fingerprint density at radius 2 is 1.92 bits per heavy atom. The van der Waals surface area contributed by atoms with Crippen LogP contribution in [0.3, 0.4) is 0 Å². The summed E-state index contributed by atoms with van der Waals surface area (Å²) in [5.41, 5.74) is 2.72. The van der Waals surface area contributed by atoms with Gasteiger partial charge in [0.25, 0.3) is 0 Å². The number of hydrogen-bond acceptors (Lipinski definition) is 4. The molecule has 0 N–H and O–H groups in total. The summed E-state index contributed by atoms with van der Waals surface area (Å²) in [4.78, 5) is 4.36. The van der Waals surface area contributed by atoms with E-state index < -0.39 is 0 Å². The van der Waals surface area contributed by atoms with Crippen molar-refractivity contribution in [3.8, 4) is 17.6 Å². The van der Waals surface area contributed by atoms with Gasteiger partial charge in [0.15, 0.2) is 0 Å². The van der Waals surface area contributed by atoms with Gasteiger partial charge < -0.3 is 9.47 Å². The highest BCUT2D eigenvalue weighted by atomic mass is 16.5. The van der Waals surface area contributed by atoms with Gasteiger partial charge in [0, 0.05) is 24.2 Å². The van der Waals surface area contributed by atoms with E-state index in [-0.39, 0.29) is 0 Å². The van der Waals surface area contributed by atoms with Crippen molar-refractivity contribution in [1.82, 2.24) is 4.98 Å². The van der Waals surface area contributed by atoms with Gasteiger partial charge in [-0.25, -0.2) is 0 Å². The number of aromatic nitrogens is 1. The highest BCUT2D eigenvalue weighted by Gasteiger charge is 2.06. The summed E-state index contributed by atoms with van der Waals surface area (Å²) in [6, 6.07) is 11.4. The number of nitrogens with zero attached hydrogens (tertiary/aromatic N) is 2. The minimum absolute atomic E-state index is 0.334. The van der Waals surface area contributed by atoms with Crippen LogP contribution < -0.4 is 9.47 Å². The molecule has 0 spiro atoms. The molecule has 122 valence electrons. The number of unbranched alkanes of at least 4 members (excludes halogenated alkanes) is 1. The normalized spacial score (nSPS) is 9.79. The molecule has 0 aliphatic heterocycles. The van der Waals surface area contributed by atoms with Crippen molar-refractivity contribution >= 4 is 12.2 Å². The number of hydrogen-bond donors (Lipinski definition) is 0. The summed E-state index contributed by atoms with van der Waals surface area (Å²) in [7, 11) is 0. The van der Waals surface area contributed by atoms with Crippen LogP contribution in [0.4, 0.5) is 0 Å². The van der Waals surface area contributed by atoms with Gasteiger partial charge in [0.1, 0.15) is 18.1 Å². The minimum atomic E-state index is 0.334. The highest BCUT2D eigenvalue weighted by Crippen LogP contribution is 2.22. The Bertz CT molecular complexity index is 748. The number of rotatable bonds is 9. The summed E-state index contributed by atoms with van der Waals surface area (Å²) in [6.45, 7) is 8.48. The maximum atomic E-state index is 8.52. The molecule has 1 aromatic heterocycles. The third-order valence-electron chi connectivity index (χ3n) is 3.41. The van der Waals surface area contributed by atoms with Crippen LogP contribution >= 0.6 is 0 Å². The quantitative estimate of drug-likeness (QED) is 0.632. The van der Waals surface area contributed by atoms with Gasteiger partial charge in [-0.3, -0.25) is 4.98 Å². The van der Waals surface area contributed by atoms with Crippen molar-refractivity contribution in [2.45, 2.75) is 19.4 Å². The fraction of sp³-hybridized carbons (Fsp3) is 0.200. The molecule has 0 amide bonds. The summed E-state index contributed by atoms with van der Waals surface area (Å²) >= 11 is 0.